The number of rotatable bonds is 8. The van der Waals surface area contributed by atoms with Gasteiger partial charge in [-0.05, 0) is 37.6 Å². The van der Waals surface area contributed by atoms with Crippen molar-refractivity contribution in [2.75, 3.05) is 6.61 Å². The molecule has 2 rings (SSSR count). The molecule has 0 saturated carbocycles. The molecular formula is C20H22F7N3O. The standard InChI is InChI=1S/C20H22F7N3O/c1-18(2,20(25,26)27)9-19(3,28)10-31-14-5-4-12(30-15(14)17(23)24)11-6-7-29-13(8-11)16(21)22/h4-8,16-17H,9-10,28H2,1-3H3. The highest BCUT2D eigenvalue weighted by atomic mass is 19.4. The van der Waals surface area contributed by atoms with E-state index in [0.29, 0.717) is 0 Å². The summed E-state index contributed by atoms with van der Waals surface area (Å²) in [6.07, 6.45) is -9.84. The first-order valence-electron chi connectivity index (χ1n) is 9.15. The van der Waals surface area contributed by atoms with Gasteiger partial charge in [0.05, 0.1) is 11.1 Å². The van der Waals surface area contributed by atoms with Crippen LogP contribution in [0.5, 0.6) is 5.75 Å². The number of nitrogens with two attached hydrogens (primary N) is 1. The van der Waals surface area contributed by atoms with Gasteiger partial charge in [0.1, 0.15) is 23.7 Å². The normalized spacial score (nSPS) is 14.7. The zero-order valence-corrected chi connectivity index (χ0v) is 17.0. The van der Waals surface area contributed by atoms with Gasteiger partial charge in [-0.2, -0.15) is 13.2 Å². The van der Waals surface area contributed by atoms with Gasteiger partial charge in [-0.3, -0.25) is 4.98 Å². The average molecular weight is 453 g/mol. The van der Waals surface area contributed by atoms with Crippen LogP contribution in [0.1, 0.15) is 51.4 Å². The van der Waals surface area contributed by atoms with Gasteiger partial charge < -0.3 is 10.5 Å². The minimum Gasteiger partial charge on any atom is -0.490 e. The third kappa shape index (κ3) is 6.28. The van der Waals surface area contributed by atoms with E-state index in [2.05, 4.69) is 9.97 Å². The summed E-state index contributed by atoms with van der Waals surface area (Å²) in [6.45, 7) is 2.83. The largest absolute Gasteiger partial charge is 0.490 e. The van der Waals surface area contributed by atoms with Crippen LogP contribution in [0, 0.1) is 5.41 Å². The number of ether oxygens (including phenoxy) is 1. The van der Waals surface area contributed by atoms with E-state index in [1.807, 2.05) is 0 Å². The molecule has 1 unspecified atom stereocenters. The summed E-state index contributed by atoms with van der Waals surface area (Å²) in [4.78, 5) is 7.29. The molecule has 0 aromatic carbocycles. The number of halogens is 7. The number of alkyl halides is 7. The Kier molecular flexibility index (Phi) is 7.19. The maximum atomic E-state index is 13.5. The predicted octanol–water partition coefficient (Wildman–Crippen LogP) is 6.09. The van der Waals surface area contributed by atoms with Crippen LogP contribution in [0.2, 0.25) is 0 Å². The molecule has 0 radical (unpaired) electrons. The van der Waals surface area contributed by atoms with Gasteiger partial charge >= 0.3 is 6.18 Å². The molecule has 0 saturated heterocycles. The summed E-state index contributed by atoms with van der Waals surface area (Å²) in [6, 6.07) is 4.79. The van der Waals surface area contributed by atoms with Crippen LogP contribution in [0.25, 0.3) is 11.3 Å². The van der Waals surface area contributed by atoms with Crippen LogP contribution in [-0.2, 0) is 0 Å². The smallest absolute Gasteiger partial charge is 0.394 e. The SMILES string of the molecule is CC(N)(COc1ccc(-c2ccnc(C(F)F)c2)nc1C(F)F)CC(C)(C)C(F)(F)F. The molecule has 2 aromatic rings. The fourth-order valence-corrected chi connectivity index (χ4v) is 3.03. The second-order valence-corrected chi connectivity index (χ2v) is 8.15. The fraction of sp³-hybridized carbons (Fsp3) is 0.500. The van der Waals surface area contributed by atoms with Crippen molar-refractivity contribution in [2.45, 2.75) is 51.8 Å². The molecule has 2 aromatic heterocycles. The molecule has 1 atom stereocenters. The molecule has 0 aliphatic heterocycles. The second kappa shape index (κ2) is 8.97. The number of hydrogen-bond acceptors (Lipinski definition) is 4. The lowest BCUT2D eigenvalue weighted by Gasteiger charge is -2.36. The highest BCUT2D eigenvalue weighted by Gasteiger charge is 2.50. The molecule has 172 valence electrons. The Morgan fingerprint density at radius 3 is 2.19 bits per heavy atom. The van der Waals surface area contributed by atoms with Crippen LogP contribution < -0.4 is 10.5 Å². The molecule has 0 spiro atoms. The Hall–Kier alpha value is -2.43. The Bertz CT molecular complexity index is 899. The van der Waals surface area contributed by atoms with Crippen molar-refractivity contribution < 1.29 is 35.5 Å². The van der Waals surface area contributed by atoms with Gasteiger partial charge in [0, 0.05) is 17.3 Å². The molecule has 11 heteroatoms. The van der Waals surface area contributed by atoms with E-state index < -0.39 is 54.4 Å². The average Bonchev–Trinajstić information content (AvgIpc) is 2.64. The van der Waals surface area contributed by atoms with E-state index in [4.69, 9.17) is 10.5 Å². The summed E-state index contributed by atoms with van der Waals surface area (Å²) in [5.41, 5.74) is 1.15. The maximum absolute atomic E-state index is 13.5. The first-order valence-corrected chi connectivity index (χ1v) is 9.15. The van der Waals surface area contributed by atoms with Crippen molar-refractivity contribution in [1.82, 2.24) is 9.97 Å². The monoisotopic (exact) mass is 453 g/mol. The van der Waals surface area contributed by atoms with Crippen molar-refractivity contribution in [3.63, 3.8) is 0 Å². The summed E-state index contributed by atoms with van der Waals surface area (Å²) >= 11 is 0. The third-order valence-corrected chi connectivity index (χ3v) is 4.56. The van der Waals surface area contributed by atoms with Gasteiger partial charge in [-0.15, -0.1) is 0 Å². The zero-order valence-electron chi connectivity index (χ0n) is 17.0. The van der Waals surface area contributed by atoms with Gasteiger partial charge in [0.2, 0.25) is 0 Å². The lowest BCUT2D eigenvalue weighted by molar-refractivity contribution is -0.218. The molecule has 31 heavy (non-hydrogen) atoms. The van der Waals surface area contributed by atoms with Gasteiger partial charge in [-0.1, -0.05) is 13.8 Å². The molecule has 2 heterocycles. The predicted molar refractivity (Wildman–Crippen MR) is 99.9 cm³/mol. The fourth-order valence-electron chi connectivity index (χ4n) is 3.03. The Morgan fingerprint density at radius 2 is 1.65 bits per heavy atom. The van der Waals surface area contributed by atoms with Gasteiger partial charge in [-0.25, -0.2) is 22.5 Å². The summed E-state index contributed by atoms with van der Waals surface area (Å²) in [5.74, 6) is -0.358. The molecule has 0 amide bonds. The van der Waals surface area contributed by atoms with Crippen LogP contribution >= 0.6 is 0 Å². The molecule has 0 aliphatic carbocycles. The Labute approximate surface area is 174 Å². The number of pyridine rings is 2. The lowest BCUT2D eigenvalue weighted by atomic mass is 9.79. The van der Waals surface area contributed by atoms with Crippen LogP contribution in [0.4, 0.5) is 30.7 Å². The minimum atomic E-state index is -4.51. The highest BCUT2D eigenvalue weighted by molar-refractivity contribution is 5.60. The second-order valence-electron chi connectivity index (χ2n) is 8.15. The molecule has 0 bridgehead atoms. The molecular weight excluding hydrogens is 431 g/mol. The molecule has 0 fully saturated rings. The topological polar surface area (TPSA) is 61.0 Å². The summed E-state index contributed by atoms with van der Waals surface area (Å²) < 4.78 is 97.4. The zero-order chi connectivity index (χ0) is 23.6. The van der Waals surface area contributed by atoms with Crippen LogP contribution in [-0.4, -0.2) is 28.3 Å². The van der Waals surface area contributed by atoms with Crippen molar-refractivity contribution in [3.05, 3.63) is 41.9 Å². The van der Waals surface area contributed by atoms with Gasteiger partial charge in [0.25, 0.3) is 12.9 Å². The van der Waals surface area contributed by atoms with E-state index in [9.17, 15) is 30.7 Å². The van der Waals surface area contributed by atoms with Crippen molar-refractivity contribution in [2.24, 2.45) is 11.1 Å². The van der Waals surface area contributed by atoms with Crippen molar-refractivity contribution in [1.29, 1.82) is 0 Å². The lowest BCUT2D eigenvalue weighted by Crippen LogP contribution is -2.49. The van der Waals surface area contributed by atoms with E-state index >= 15 is 0 Å². The van der Waals surface area contributed by atoms with E-state index in [-0.39, 0.29) is 17.0 Å². The Balaban J connectivity index is 2.25. The minimum absolute atomic E-state index is 0.0133. The summed E-state index contributed by atoms with van der Waals surface area (Å²) in [5, 5.41) is 0. The van der Waals surface area contributed by atoms with E-state index in [1.54, 1.807) is 0 Å². The third-order valence-electron chi connectivity index (χ3n) is 4.56. The first-order chi connectivity index (χ1) is 14.1. The van der Waals surface area contributed by atoms with Gasteiger partial charge in [0.15, 0.2) is 0 Å². The van der Waals surface area contributed by atoms with Crippen LogP contribution in [0.3, 0.4) is 0 Å². The number of hydrogen-bond donors (Lipinski definition) is 1. The van der Waals surface area contributed by atoms with Crippen molar-refractivity contribution >= 4 is 0 Å². The van der Waals surface area contributed by atoms with Crippen LogP contribution in [0.15, 0.2) is 30.5 Å². The van der Waals surface area contributed by atoms with E-state index in [0.717, 1.165) is 32.2 Å². The number of nitrogens with zero attached hydrogens (tertiary/aromatic N) is 2. The molecule has 4 nitrogen and oxygen atoms in total. The van der Waals surface area contributed by atoms with Crippen molar-refractivity contribution in [3.8, 4) is 17.0 Å². The van der Waals surface area contributed by atoms with E-state index in [1.165, 1.54) is 19.1 Å². The maximum Gasteiger partial charge on any atom is 0.394 e. The number of aromatic nitrogens is 2. The highest BCUT2D eigenvalue weighted by Crippen LogP contribution is 2.43. The molecule has 2 N–H and O–H groups in total. The molecule has 0 aliphatic rings. The Morgan fingerprint density at radius 1 is 1.00 bits per heavy atom. The first kappa shape index (κ1) is 24.8. The quantitative estimate of drug-likeness (QED) is 0.491. The summed E-state index contributed by atoms with van der Waals surface area (Å²) in [7, 11) is 0.